The van der Waals surface area contributed by atoms with Gasteiger partial charge in [0.25, 0.3) is 11.5 Å². The van der Waals surface area contributed by atoms with Gasteiger partial charge >= 0.3 is 5.97 Å². The Morgan fingerprint density at radius 3 is 2.32 bits per heavy atom. The summed E-state index contributed by atoms with van der Waals surface area (Å²) in [6.45, 7) is -0.753. The number of carbonyl (C=O) groups is 4. The van der Waals surface area contributed by atoms with Crippen molar-refractivity contribution in [1.82, 2.24) is 25.3 Å². The zero-order valence-electron chi connectivity index (χ0n) is 23.1. The lowest BCUT2D eigenvalue weighted by atomic mass is 9.88. The molecule has 18 heteroatoms. The normalized spacial score (nSPS) is 14.6. The van der Waals surface area contributed by atoms with E-state index < -0.39 is 78.8 Å². The summed E-state index contributed by atoms with van der Waals surface area (Å²) in [7, 11) is 0. The lowest BCUT2D eigenvalue weighted by Gasteiger charge is -2.26. The van der Waals surface area contributed by atoms with Gasteiger partial charge in [-0.3, -0.25) is 24.2 Å². The third-order valence-corrected chi connectivity index (χ3v) is 6.58. The minimum absolute atomic E-state index is 0.0159. The molecule has 18 nitrogen and oxygen atoms in total. The van der Waals surface area contributed by atoms with Gasteiger partial charge < -0.3 is 47.6 Å². The molecule has 0 radical (unpaired) electrons. The molecule has 1 aromatic carbocycles. The molecule has 2 amide bonds. The molecule has 0 aliphatic rings. The number of amides is 2. The molecule has 44 heavy (non-hydrogen) atoms. The second-order valence-corrected chi connectivity index (χ2v) is 9.80. The maximum Gasteiger partial charge on any atom is 0.326 e. The van der Waals surface area contributed by atoms with Crippen molar-refractivity contribution >= 4 is 46.4 Å². The van der Waals surface area contributed by atoms with Crippen molar-refractivity contribution in [3.63, 3.8) is 0 Å². The quantitative estimate of drug-likeness (QED) is 0.0767. The monoisotopic (exact) mass is 616 g/mol. The maximum atomic E-state index is 12.7. The van der Waals surface area contributed by atoms with Gasteiger partial charge in [-0.25, -0.2) is 14.8 Å². The Hall–Kier alpha value is -5.04. The molecule has 236 valence electrons. The van der Waals surface area contributed by atoms with E-state index in [0.717, 1.165) is 0 Å². The number of rotatable bonds is 16. The van der Waals surface area contributed by atoms with Crippen molar-refractivity contribution in [3.05, 3.63) is 52.1 Å². The molecule has 0 saturated heterocycles. The van der Waals surface area contributed by atoms with Crippen molar-refractivity contribution in [3.8, 4) is 0 Å². The van der Waals surface area contributed by atoms with Crippen molar-refractivity contribution < 1.29 is 44.7 Å². The third-order valence-electron chi connectivity index (χ3n) is 6.58. The van der Waals surface area contributed by atoms with Crippen molar-refractivity contribution in [2.24, 2.45) is 11.7 Å². The Balaban J connectivity index is 1.55. The van der Waals surface area contributed by atoms with E-state index in [2.05, 4.69) is 30.6 Å². The topological polar surface area (TPSA) is 317 Å². The van der Waals surface area contributed by atoms with E-state index in [1.165, 1.54) is 18.3 Å². The number of Topliss-reactive ketones (excluding diaryl/α,β-unsaturated/α-hetero) is 1. The SMILES string of the molecule is NC(=O)[C@@H](CC(=O)CC[C@H](NC(=O)c1ccc(NCc2cnc3nc(N)[nH]c(=O)c3n2)cc1)C(=O)O)[C@@H](O)[C@H](O)[C@H](O)CO. The summed E-state index contributed by atoms with van der Waals surface area (Å²) in [5.74, 6) is -5.72. The molecule has 5 atom stereocenters. The van der Waals surface area contributed by atoms with Crippen molar-refractivity contribution in [2.45, 2.75) is 50.2 Å². The number of nitrogen functional groups attached to an aromatic ring is 1. The summed E-state index contributed by atoms with van der Waals surface area (Å²) in [5.41, 5.74) is 11.4. The number of fused-ring (bicyclic) bond motifs is 1. The molecule has 0 spiro atoms. The van der Waals surface area contributed by atoms with Crippen LogP contribution in [-0.4, -0.2) is 100.0 Å². The Morgan fingerprint density at radius 1 is 1.02 bits per heavy atom. The van der Waals surface area contributed by atoms with Crippen LogP contribution in [0.25, 0.3) is 11.2 Å². The van der Waals surface area contributed by atoms with Crippen LogP contribution in [0.5, 0.6) is 0 Å². The largest absolute Gasteiger partial charge is 0.480 e. The van der Waals surface area contributed by atoms with Crippen LogP contribution < -0.4 is 27.7 Å². The molecule has 0 aliphatic carbocycles. The minimum Gasteiger partial charge on any atom is -0.480 e. The molecule has 0 fully saturated rings. The number of primary amides is 1. The second-order valence-electron chi connectivity index (χ2n) is 9.80. The zero-order valence-corrected chi connectivity index (χ0v) is 23.1. The van der Waals surface area contributed by atoms with Gasteiger partial charge in [0.1, 0.15) is 24.0 Å². The Morgan fingerprint density at radius 2 is 1.70 bits per heavy atom. The number of nitrogens with one attached hydrogen (secondary N) is 3. The molecule has 0 bridgehead atoms. The predicted octanol–water partition coefficient (Wildman–Crippen LogP) is -2.99. The first-order valence-corrected chi connectivity index (χ1v) is 13.2. The van der Waals surface area contributed by atoms with E-state index >= 15 is 0 Å². The van der Waals surface area contributed by atoms with Crippen molar-refractivity contribution in [2.75, 3.05) is 17.7 Å². The maximum absolute atomic E-state index is 12.7. The molecule has 12 N–H and O–H groups in total. The van der Waals surface area contributed by atoms with E-state index in [9.17, 15) is 44.4 Å². The van der Waals surface area contributed by atoms with Crippen molar-refractivity contribution in [1.29, 1.82) is 0 Å². The molecule has 3 rings (SSSR count). The Kier molecular flexibility index (Phi) is 11.3. The first-order valence-electron chi connectivity index (χ1n) is 13.2. The number of hydrogen-bond acceptors (Lipinski definition) is 14. The predicted molar refractivity (Wildman–Crippen MR) is 152 cm³/mol. The summed E-state index contributed by atoms with van der Waals surface area (Å²) in [6, 6.07) is 4.47. The van der Waals surface area contributed by atoms with Crippen LogP contribution in [0.4, 0.5) is 11.6 Å². The average molecular weight is 617 g/mol. The molecule has 0 saturated carbocycles. The van der Waals surface area contributed by atoms with Crippen LogP contribution >= 0.6 is 0 Å². The highest BCUT2D eigenvalue weighted by molar-refractivity contribution is 5.97. The summed E-state index contributed by atoms with van der Waals surface area (Å²) in [5, 5.41) is 53.3. The van der Waals surface area contributed by atoms with Gasteiger partial charge in [0, 0.05) is 24.1 Å². The van der Waals surface area contributed by atoms with Gasteiger partial charge in [0.15, 0.2) is 11.2 Å². The minimum atomic E-state index is -1.96. The third kappa shape index (κ3) is 8.74. The van der Waals surface area contributed by atoms with Gasteiger partial charge in [-0.05, 0) is 30.7 Å². The number of aromatic nitrogens is 4. The van der Waals surface area contributed by atoms with Crippen LogP contribution in [0.3, 0.4) is 0 Å². The number of carbonyl (C=O) groups excluding carboxylic acids is 3. The van der Waals surface area contributed by atoms with Crippen LogP contribution in [0.2, 0.25) is 0 Å². The average Bonchev–Trinajstić information content (AvgIpc) is 2.99. The van der Waals surface area contributed by atoms with Crippen LogP contribution in [0.1, 0.15) is 35.3 Å². The molecule has 3 aromatic rings. The van der Waals surface area contributed by atoms with Gasteiger partial charge in [-0.15, -0.1) is 0 Å². The fourth-order valence-electron chi connectivity index (χ4n) is 4.10. The van der Waals surface area contributed by atoms with Gasteiger partial charge in [-0.1, -0.05) is 0 Å². The number of carboxylic acid groups (broad SMARTS) is 1. The van der Waals surface area contributed by atoms with Crippen LogP contribution in [-0.2, 0) is 20.9 Å². The number of H-pyrrole nitrogens is 1. The fraction of sp³-hybridized carbons (Fsp3) is 0.385. The number of carboxylic acids is 1. The van der Waals surface area contributed by atoms with E-state index in [4.69, 9.17) is 16.6 Å². The lowest BCUT2D eigenvalue weighted by molar-refractivity contribution is -0.141. The molecule has 2 aromatic heterocycles. The number of nitrogens with two attached hydrogens (primary N) is 2. The number of anilines is 2. The number of aliphatic hydroxyl groups is 4. The number of aliphatic hydroxyl groups excluding tert-OH is 4. The highest BCUT2D eigenvalue weighted by atomic mass is 16.4. The molecule has 2 heterocycles. The van der Waals surface area contributed by atoms with E-state index in [1.807, 2.05) is 0 Å². The van der Waals surface area contributed by atoms with E-state index in [-0.39, 0.29) is 35.6 Å². The van der Waals surface area contributed by atoms with Gasteiger partial charge in [0.2, 0.25) is 11.9 Å². The van der Waals surface area contributed by atoms with Gasteiger partial charge in [-0.2, -0.15) is 4.98 Å². The summed E-state index contributed by atoms with van der Waals surface area (Å²) >= 11 is 0. The lowest BCUT2D eigenvalue weighted by Crippen LogP contribution is -2.48. The highest BCUT2D eigenvalue weighted by Gasteiger charge is 2.36. The Labute approximate surface area is 248 Å². The number of hydrogen-bond donors (Lipinski definition) is 10. The van der Waals surface area contributed by atoms with Crippen LogP contribution in [0, 0.1) is 5.92 Å². The number of ketones is 1. The summed E-state index contributed by atoms with van der Waals surface area (Å²) < 4.78 is 0. The van der Waals surface area contributed by atoms with Gasteiger partial charge in [0.05, 0.1) is 37.1 Å². The first kappa shape index (κ1) is 33.5. The molecular formula is C26H32N8O10. The van der Waals surface area contributed by atoms with E-state index in [1.54, 1.807) is 12.1 Å². The summed E-state index contributed by atoms with van der Waals surface area (Å²) in [6.07, 6.45) is -5.76. The number of aromatic amines is 1. The van der Waals surface area contributed by atoms with Crippen LogP contribution in [0.15, 0.2) is 35.3 Å². The molecule has 0 aliphatic heterocycles. The smallest absolute Gasteiger partial charge is 0.326 e. The fourth-order valence-corrected chi connectivity index (χ4v) is 4.10. The summed E-state index contributed by atoms with van der Waals surface area (Å²) in [4.78, 5) is 75.1. The number of benzene rings is 1. The number of aliphatic carboxylic acids is 1. The van der Waals surface area contributed by atoms with E-state index in [0.29, 0.717) is 11.4 Å². The number of nitrogens with zero attached hydrogens (tertiary/aromatic N) is 3. The standard InChI is InChI=1S/C26H32N8O10/c27-21(40)15(19(38)20(39)17(37)10-35)7-14(36)5-6-16(25(43)44)32-23(41)11-1-3-12(4-2-11)29-8-13-9-30-22-18(31-13)24(42)34-26(28)33-22/h1-4,9,15-17,19-20,29,35,37-39H,5-8,10H2,(H2,27,40)(H,32,41)(H,43,44)(H3,28,30,33,34,42)/t15-,16-,17+,19+,20+/m0/s1. The zero-order chi connectivity index (χ0) is 32.6. The molecular weight excluding hydrogens is 584 g/mol. The Bertz CT molecular complexity index is 1560. The second kappa shape index (κ2) is 14.9. The first-order chi connectivity index (χ1) is 20.8. The molecule has 0 unspecified atom stereocenters. The highest BCUT2D eigenvalue weighted by Crippen LogP contribution is 2.18.